The molecule has 44 valence electrons. The maximum absolute atomic E-state index is 8.21. The number of halogens is 2. The van der Waals surface area contributed by atoms with Gasteiger partial charge in [-0.1, -0.05) is 0 Å². The Labute approximate surface area is 52.2 Å². The highest BCUT2D eigenvalue weighted by atomic mass is 35.5. The highest BCUT2D eigenvalue weighted by Crippen LogP contribution is 2.03. The molecule has 0 aliphatic heterocycles. The maximum atomic E-state index is 8.21. The predicted molar refractivity (Wildman–Crippen MR) is 30.6 cm³/mol. The number of nitrogens with two attached hydrogens (primary N) is 1. The van der Waals surface area contributed by atoms with Gasteiger partial charge < -0.3 is 10.8 Å². The summed E-state index contributed by atoms with van der Waals surface area (Å²) < 4.78 is 0. The van der Waals surface area contributed by atoms with Crippen molar-refractivity contribution in [3.8, 4) is 0 Å². The molecule has 3 N–H and O–H groups in total. The summed E-state index contributed by atoms with van der Waals surface area (Å²) in [6.45, 7) is -0.169. The fourth-order valence-electron chi connectivity index (χ4n) is 0.0797. The Bertz CT molecular complexity index is 50.2. The molecule has 0 rings (SSSR count). The van der Waals surface area contributed by atoms with E-state index in [0.29, 0.717) is 0 Å². The van der Waals surface area contributed by atoms with Crippen LogP contribution in [0.3, 0.4) is 0 Å². The lowest BCUT2D eigenvalue weighted by Gasteiger charge is -2.05. The summed E-state index contributed by atoms with van der Waals surface area (Å²) in [4.78, 5) is -0.662. The van der Waals surface area contributed by atoms with Gasteiger partial charge in [0.1, 0.15) is 4.84 Å². The molecule has 0 radical (unpaired) electrons. The molecule has 0 bridgehead atoms. The standard InChI is InChI=1S/C3H7Cl2NO/c4-3(5)2(6)1-7/h2-3,7H,1,6H2. The van der Waals surface area contributed by atoms with Crippen molar-refractivity contribution in [1.82, 2.24) is 0 Å². The van der Waals surface area contributed by atoms with Crippen LogP contribution in [0.1, 0.15) is 0 Å². The summed E-state index contributed by atoms with van der Waals surface area (Å²) in [7, 11) is 0. The van der Waals surface area contributed by atoms with Gasteiger partial charge in [0.05, 0.1) is 12.6 Å². The molecule has 7 heavy (non-hydrogen) atoms. The first-order chi connectivity index (χ1) is 3.18. The van der Waals surface area contributed by atoms with Crippen LogP contribution < -0.4 is 5.73 Å². The van der Waals surface area contributed by atoms with Crippen LogP contribution in [0.2, 0.25) is 0 Å². The van der Waals surface area contributed by atoms with E-state index in [4.69, 9.17) is 34.0 Å². The van der Waals surface area contributed by atoms with Gasteiger partial charge in [0.25, 0.3) is 0 Å². The Morgan fingerprint density at radius 2 is 2.00 bits per heavy atom. The minimum atomic E-state index is -0.662. The van der Waals surface area contributed by atoms with E-state index >= 15 is 0 Å². The molecule has 4 heteroatoms. The van der Waals surface area contributed by atoms with Crippen LogP contribution in [0.4, 0.5) is 0 Å². The summed E-state index contributed by atoms with van der Waals surface area (Å²) in [6.07, 6.45) is 0. The molecule has 0 aromatic carbocycles. The van der Waals surface area contributed by atoms with Gasteiger partial charge in [0.15, 0.2) is 0 Å². The van der Waals surface area contributed by atoms with Crippen LogP contribution in [0.5, 0.6) is 0 Å². The van der Waals surface area contributed by atoms with Crippen LogP contribution in [0, 0.1) is 0 Å². The number of aliphatic hydroxyl groups is 1. The average Bonchev–Trinajstić information content (AvgIpc) is 1.65. The second kappa shape index (κ2) is 3.50. The molecular weight excluding hydrogens is 137 g/mol. The fraction of sp³-hybridized carbons (Fsp3) is 1.00. The van der Waals surface area contributed by atoms with Crippen molar-refractivity contribution < 1.29 is 5.11 Å². The van der Waals surface area contributed by atoms with Crippen LogP contribution in [-0.2, 0) is 0 Å². The molecular formula is C3H7Cl2NO. The molecule has 0 spiro atoms. The topological polar surface area (TPSA) is 46.2 Å². The Hall–Kier alpha value is 0.500. The van der Waals surface area contributed by atoms with Gasteiger partial charge in [0, 0.05) is 0 Å². The normalized spacial score (nSPS) is 15.0. The highest BCUT2D eigenvalue weighted by Gasteiger charge is 2.07. The Morgan fingerprint density at radius 1 is 1.57 bits per heavy atom. The molecule has 2 nitrogen and oxygen atoms in total. The first kappa shape index (κ1) is 7.50. The molecule has 1 unspecified atom stereocenters. The average molecular weight is 144 g/mol. The SMILES string of the molecule is NC(CO)C(Cl)Cl. The van der Waals surface area contributed by atoms with E-state index in [1.807, 2.05) is 0 Å². The van der Waals surface area contributed by atoms with Crippen molar-refractivity contribution >= 4 is 23.2 Å². The van der Waals surface area contributed by atoms with E-state index in [1.54, 1.807) is 0 Å². The third-order valence-electron chi connectivity index (χ3n) is 0.534. The zero-order valence-corrected chi connectivity index (χ0v) is 5.15. The molecule has 0 saturated heterocycles. The van der Waals surface area contributed by atoms with Crippen molar-refractivity contribution in [2.75, 3.05) is 6.61 Å². The van der Waals surface area contributed by atoms with E-state index in [9.17, 15) is 0 Å². The van der Waals surface area contributed by atoms with Crippen LogP contribution in [0.25, 0.3) is 0 Å². The largest absolute Gasteiger partial charge is 0.395 e. The predicted octanol–water partition coefficient (Wildman–Crippen LogP) is 0.110. The third kappa shape index (κ3) is 3.12. The molecule has 0 heterocycles. The van der Waals surface area contributed by atoms with Gasteiger partial charge in [-0.05, 0) is 0 Å². The number of hydrogen-bond donors (Lipinski definition) is 2. The molecule has 0 saturated carbocycles. The minimum absolute atomic E-state index is 0.169. The molecule has 0 amide bonds. The molecule has 0 aliphatic rings. The smallest absolute Gasteiger partial charge is 0.125 e. The maximum Gasteiger partial charge on any atom is 0.125 e. The van der Waals surface area contributed by atoms with Crippen molar-refractivity contribution in [1.29, 1.82) is 0 Å². The minimum Gasteiger partial charge on any atom is -0.395 e. The van der Waals surface area contributed by atoms with Gasteiger partial charge in [-0.3, -0.25) is 0 Å². The van der Waals surface area contributed by atoms with Crippen molar-refractivity contribution in [2.45, 2.75) is 10.9 Å². The summed E-state index contributed by atoms with van der Waals surface area (Å²) in [5.74, 6) is 0. The van der Waals surface area contributed by atoms with Crippen LogP contribution >= 0.6 is 23.2 Å². The summed E-state index contributed by atoms with van der Waals surface area (Å²) in [5.41, 5.74) is 5.10. The van der Waals surface area contributed by atoms with Gasteiger partial charge >= 0.3 is 0 Å². The number of aliphatic hydroxyl groups excluding tert-OH is 1. The number of rotatable bonds is 2. The van der Waals surface area contributed by atoms with Gasteiger partial charge in [0.2, 0.25) is 0 Å². The molecule has 1 atom stereocenters. The molecule has 0 aliphatic carbocycles. The van der Waals surface area contributed by atoms with E-state index in [2.05, 4.69) is 0 Å². The summed E-state index contributed by atoms with van der Waals surface area (Å²) in [5, 5.41) is 8.21. The van der Waals surface area contributed by atoms with Gasteiger partial charge in [-0.15, -0.1) is 23.2 Å². The van der Waals surface area contributed by atoms with E-state index in [-0.39, 0.29) is 6.61 Å². The van der Waals surface area contributed by atoms with Crippen molar-refractivity contribution in [2.24, 2.45) is 5.73 Å². The first-order valence-corrected chi connectivity index (χ1v) is 2.70. The Balaban J connectivity index is 3.14. The summed E-state index contributed by atoms with van der Waals surface area (Å²) in [6, 6.07) is -0.511. The second-order valence-corrected chi connectivity index (χ2v) is 2.34. The molecule has 0 fully saturated rings. The van der Waals surface area contributed by atoms with E-state index < -0.39 is 10.9 Å². The third-order valence-corrected chi connectivity index (χ3v) is 1.18. The summed E-state index contributed by atoms with van der Waals surface area (Å²) >= 11 is 10.4. The number of alkyl halides is 2. The molecule has 0 aromatic heterocycles. The Kier molecular flexibility index (Phi) is 3.75. The highest BCUT2D eigenvalue weighted by molar-refractivity contribution is 6.44. The first-order valence-electron chi connectivity index (χ1n) is 1.83. The Morgan fingerprint density at radius 3 is 2.00 bits per heavy atom. The lowest BCUT2D eigenvalue weighted by atomic mass is 10.4. The zero-order valence-electron chi connectivity index (χ0n) is 3.64. The monoisotopic (exact) mass is 143 g/mol. The lowest BCUT2D eigenvalue weighted by Crippen LogP contribution is -2.30. The van der Waals surface area contributed by atoms with E-state index in [0.717, 1.165) is 0 Å². The second-order valence-electron chi connectivity index (χ2n) is 1.18. The number of hydrogen-bond acceptors (Lipinski definition) is 2. The van der Waals surface area contributed by atoms with E-state index in [1.165, 1.54) is 0 Å². The molecule has 0 aromatic rings. The lowest BCUT2D eigenvalue weighted by molar-refractivity contribution is 0.271. The van der Waals surface area contributed by atoms with Crippen LogP contribution in [-0.4, -0.2) is 22.6 Å². The van der Waals surface area contributed by atoms with Crippen molar-refractivity contribution in [3.05, 3.63) is 0 Å². The van der Waals surface area contributed by atoms with Crippen molar-refractivity contribution in [3.63, 3.8) is 0 Å². The van der Waals surface area contributed by atoms with Crippen LogP contribution in [0.15, 0.2) is 0 Å². The fourth-order valence-corrected chi connectivity index (χ4v) is 0.239. The van der Waals surface area contributed by atoms with Gasteiger partial charge in [-0.25, -0.2) is 0 Å². The quantitative estimate of drug-likeness (QED) is 0.540. The van der Waals surface area contributed by atoms with Gasteiger partial charge in [-0.2, -0.15) is 0 Å². The zero-order chi connectivity index (χ0) is 5.86.